The van der Waals surface area contributed by atoms with Gasteiger partial charge in [-0.1, -0.05) is 0 Å². The van der Waals surface area contributed by atoms with E-state index in [1.165, 1.54) is 18.4 Å². The Hall–Kier alpha value is -1.31. The highest BCUT2D eigenvalue weighted by molar-refractivity contribution is 5.28. The van der Waals surface area contributed by atoms with E-state index in [1.807, 2.05) is 23.9 Å². The molecule has 1 atom stereocenters. The predicted octanol–water partition coefficient (Wildman–Crippen LogP) is 1.51. The third-order valence-corrected chi connectivity index (χ3v) is 3.17. The van der Waals surface area contributed by atoms with Crippen molar-refractivity contribution in [3.63, 3.8) is 0 Å². The van der Waals surface area contributed by atoms with Gasteiger partial charge in [-0.15, -0.1) is 0 Å². The van der Waals surface area contributed by atoms with Crippen LogP contribution in [0.1, 0.15) is 24.1 Å². The van der Waals surface area contributed by atoms with Crippen molar-refractivity contribution in [1.29, 1.82) is 5.26 Å². The standard InChI is InChI=1S/C13H19N3O/c1-15(10-13-4-3-5-17-13)8-11-6-12(7-14)16(2)9-11/h6,9,13H,3-5,8,10H2,1-2H3/t13-/m0/s1. The molecule has 0 N–H and O–H groups in total. The maximum Gasteiger partial charge on any atom is 0.120 e. The molecule has 17 heavy (non-hydrogen) atoms. The van der Waals surface area contributed by atoms with Crippen LogP contribution in [0.3, 0.4) is 0 Å². The lowest BCUT2D eigenvalue weighted by Crippen LogP contribution is -2.28. The molecule has 4 heteroatoms. The molecule has 1 saturated heterocycles. The normalized spacial score (nSPS) is 19.8. The number of hydrogen-bond donors (Lipinski definition) is 0. The second-order valence-corrected chi connectivity index (χ2v) is 4.79. The van der Waals surface area contributed by atoms with Crippen LogP contribution in [0.4, 0.5) is 0 Å². The van der Waals surface area contributed by atoms with E-state index >= 15 is 0 Å². The summed E-state index contributed by atoms with van der Waals surface area (Å²) in [5.41, 5.74) is 1.90. The Balaban J connectivity index is 1.88. The van der Waals surface area contributed by atoms with Gasteiger partial charge < -0.3 is 9.30 Å². The first-order valence-electron chi connectivity index (χ1n) is 6.04. The zero-order valence-electron chi connectivity index (χ0n) is 10.5. The summed E-state index contributed by atoms with van der Waals surface area (Å²) >= 11 is 0. The Bertz CT molecular complexity index is 413. The van der Waals surface area contributed by atoms with Crippen LogP contribution in [0, 0.1) is 11.3 Å². The summed E-state index contributed by atoms with van der Waals surface area (Å²) in [5.74, 6) is 0. The van der Waals surface area contributed by atoms with Gasteiger partial charge in [0.2, 0.25) is 0 Å². The number of aryl methyl sites for hydroxylation is 1. The Labute approximate surface area is 102 Å². The van der Waals surface area contributed by atoms with Crippen LogP contribution in [-0.4, -0.2) is 35.8 Å². The molecular weight excluding hydrogens is 214 g/mol. The molecule has 92 valence electrons. The molecule has 1 aliphatic heterocycles. The minimum atomic E-state index is 0.388. The molecule has 0 bridgehead atoms. The maximum atomic E-state index is 8.89. The molecule has 0 aliphatic carbocycles. The van der Waals surface area contributed by atoms with E-state index in [4.69, 9.17) is 10.00 Å². The molecule has 1 fully saturated rings. The Morgan fingerprint density at radius 2 is 2.47 bits per heavy atom. The van der Waals surface area contributed by atoms with Crippen molar-refractivity contribution >= 4 is 0 Å². The number of rotatable bonds is 4. The van der Waals surface area contributed by atoms with Crippen molar-refractivity contribution in [2.75, 3.05) is 20.2 Å². The van der Waals surface area contributed by atoms with Crippen molar-refractivity contribution in [3.8, 4) is 6.07 Å². The van der Waals surface area contributed by atoms with Crippen molar-refractivity contribution < 1.29 is 4.74 Å². The zero-order valence-corrected chi connectivity index (χ0v) is 10.5. The molecule has 2 heterocycles. The van der Waals surface area contributed by atoms with Gasteiger partial charge in [0.25, 0.3) is 0 Å². The predicted molar refractivity (Wildman–Crippen MR) is 65.4 cm³/mol. The van der Waals surface area contributed by atoms with Crippen molar-refractivity contribution in [2.45, 2.75) is 25.5 Å². The van der Waals surface area contributed by atoms with Crippen LogP contribution in [-0.2, 0) is 18.3 Å². The molecule has 0 amide bonds. The quantitative estimate of drug-likeness (QED) is 0.791. The summed E-state index contributed by atoms with van der Waals surface area (Å²) in [6, 6.07) is 4.13. The lowest BCUT2D eigenvalue weighted by molar-refractivity contribution is 0.0793. The summed E-state index contributed by atoms with van der Waals surface area (Å²) in [7, 11) is 4.00. The first-order valence-corrected chi connectivity index (χ1v) is 6.04. The number of likely N-dealkylation sites (N-methyl/N-ethyl adjacent to an activating group) is 1. The maximum absolute atomic E-state index is 8.89. The Morgan fingerprint density at radius 1 is 1.65 bits per heavy atom. The van der Waals surface area contributed by atoms with Gasteiger partial charge in [-0.2, -0.15) is 5.26 Å². The first-order chi connectivity index (χ1) is 8.19. The minimum absolute atomic E-state index is 0.388. The van der Waals surface area contributed by atoms with E-state index in [0.717, 1.165) is 19.7 Å². The van der Waals surface area contributed by atoms with Gasteiger partial charge in [0.15, 0.2) is 0 Å². The summed E-state index contributed by atoms with van der Waals surface area (Å²) < 4.78 is 7.48. The molecule has 0 unspecified atom stereocenters. The fourth-order valence-electron chi connectivity index (χ4n) is 2.34. The second-order valence-electron chi connectivity index (χ2n) is 4.79. The monoisotopic (exact) mass is 233 g/mol. The highest BCUT2D eigenvalue weighted by Crippen LogP contribution is 2.14. The van der Waals surface area contributed by atoms with Crippen LogP contribution in [0.25, 0.3) is 0 Å². The first kappa shape index (κ1) is 12.2. The topological polar surface area (TPSA) is 41.2 Å². The van der Waals surface area contributed by atoms with Gasteiger partial charge in [0.1, 0.15) is 11.8 Å². The van der Waals surface area contributed by atoms with Gasteiger partial charge in [-0.25, -0.2) is 0 Å². The molecule has 0 radical (unpaired) electrons. The number of nitriles is 1. The fraction of sp³-hybridized carbons (Fsp3) is 0.615. The summed E-state index contributed by atoms with van der Waals surface area (Å²) in [6.45, 7) is 2.74. The van der Waals surface area contributed by atoms with Gasteiger partial charge >= 0.3 is 0 Å². The average Bonchev–Trinajstić information content (AvgIpc) is 2.88. The summed E-state index contributed by atoms with van der Waals surface area (Å²) in [6.07, 6.45) is 4.76. The molecule has 2 rings (SSSR count). The van der Waals surface area contributed by atoms with Crippen molar-refractivity contribution in [3.05, 3.63) is 23.5 Å². The average molecular weight is 233 g/mol. The zero-order chi connectivity index (χ0) is 12.3. The van der Waals surface area contributed by atoms with E-state index in [-0.39, 0.29) is 0 Å². The van der Waals surface area contributed by atoms with E-state index < -0.39 is 0 Å². The molecular formula is C13H19N3O. The molecule has 4 nitrogen and oxygen atoms in total. The van der Waals surface area contributed by atoms with Gasteiger partial charge in [0, 0.05) is 32.9 Å². The molecule has 1 aromatic rings. The van der Waals surface area contributed by atoms with Crippen LogP contribution >= 0.6 is 0 Å². The van der Waals surface area contributed by atoms with Crippen molar-refractivity contribution in [2.24, 2.45) is 7.05 Å². The highest BCUT2D eigenvalue weighted by Gasteiger charge is 2.17. The number of hydrogen-bond acceptors (Lipinski definition) is 3. The third kappa shape index (κ3) is 3.09. The third-order valence-electron chi connectivity index (χ3n) is 3.17. The molecule has 1 aromatic heterocycles. The van der Waals surface area contributed by atoms with E-state index in [1.54, 1.807) is 0 Å². The van der Waals surface area contributed by atoms with E-state index in [2.05, 4.69) is 18.0 Å². The molecule has 1 aliphatic rings. The Morgan fingerprint density at radius 3 is 3.06 bits per heavy atom. The van der Waals surface area contributed by atoms with Gasteiger partial charge in [-0.3, -0.25) is 4.90 Å². The molecule has 0 saturated carbocycles. The highest BCUT2D eigenvalue weighted by atomic mass is 16.5. The fourth-order valence-corrected chi connectivity index (χ4v) is 2.34. The van der Waals surface area contributed by atoms with Crippen molar-refractivity contribution in [1.82, 2.24) is 9.47 Å². The van der Waals surface area contributed by atoms with Crippen LogP contribution in [0.15, 0.2) is 12.3 Å². The lowest BCUT2D eigenvalue weighted by Gasteiger charge is -2.19. The van der Waals surface area contributed by atoms with Gasteiger partial charge in [0.05, 0.1) is 6.10 Å². The molecule has 0 aromatic carbocycles. The number of ether oxygens (including phenoxy) is 1. The second kappa shape index (κ2) is 5.35. The van der Waals surface area contributed by atoms with Gasteiger partial charge in [-0.05, 0) is 31.5 Å². The summed E-state index contributed by atoms with van der Waals surface area (Å²) in [5, 5.41) is 8.89. The minimum Gasteiger partial charge on any atom is -0.377 e. The van der Waals surface area contributed by atoms with Crippen LogP contribution in [0.5, 0.6) is 0 Å². The SMILES string of the molecule is CN(Cc1cc(C#N)n(C)c1)C[C@@H]1CCCO1. The molecule has 0 spiro atoms. The Kier molecular flexibility index (Phi) is 3.82. The van der Waals surface area contributed by atoms with E-state index in [9.17, 15) is 0 Å². The smallest absolute Gasteiger partial charge is 0.120 e. The number of nitrogens with zero attached hydrogens (tertiary/aromatic N) is 3. The summed E-state index contributed by atoms with van der Waals surface area (Å²) in [4.78, 5) is 2.26. The number of aromatic nitrogens is 1. The lowest BCUT2D eigenvalue weighted by atomic mass is 10.2. The van der Waals surface area contributed by atoms with E-state index in [0.29, 0.717) is 11.8 Å². The van der Waals surface area contributed by atoms with Crippen LogP contribution < -0.4 is 0 Å². The largest absolute Gasteiger partial charge is 0.377 e. The van der Waals surface area contributed by atoms with Crippen LogP contribution in [0.2, 0.25) is 0 Å².